The molecule has 28 heavy (non-hydrogen) atoms. The second-order valence-electron chi connectivity index (χ2n) is 8.04. The van der Waals surface area contributed by atoms with Crippen molar-refractivity contribution in [3.63, 3.8) is 0 Å². The van der Waals surface area contributed by atoms with E-state index in [1.165, 1.54) is 0 Å². The van der Waals surface area contributed by atoms with Crippen molar-refractivity contribution in [1.82, 2.24) is 20.4 Å². The van der Waals surface area contributed by atoms with Crippen LogP contribution in [-0.2, 0) is 19.1 Å². The van der Waals surface area contributed by atoms with Gasteiger partial charge in [0.1, 0.15) is 6.04 Å². The zero-order valence-corrected chi connectivity index (χ0v) is 17.4. The minimum Gasteiger partial charge on any atom is -0.378 e. The summed E-state index contributed by atoms with van der Waals surface area (Å²) in [5.74, 6) is 0.715. The Kier molecular flexibility index (Phi) is 9.70. The molecule has 0 saturated carbocycles. The summed E-state index contributed by atoms with van der Waals surface area (Å²) in [6.07, 6.45) is 3.71. The van der Waals surface area contributed by atoms with Crippen molar-refractivity contribution in [2.75, 3.05) is 52.5 Å². The van der Waals surface area contributed by atoms with E-state index < -0.39 is 0 Å². The second kappa shape index (κ2) is 12.0. The molecule has 0 bridgehead atoms. The van der Waals surface area contributed by atoms with Crippen molar-refractivity contribution >= 4 is 17.7 Å². The minimum absolute atomic E-state index is 0.0133. The van der Waals surface area contributed by atoms with Gasteiger partial charge in [-0.3, -0.25) is 14.4 Å². The Morgan fingerprint density at radius 3 is 2.32 bits per heavy atom. The van der Waals surface area contributed by atoms with Crippen LogP contribution in [0.2, 0.25) is 0 Å². The molecule has 3 amide bonds. The van der Waals surface area contributed by atoms with Crippen LogP contribution in [0.15, 0.2) is 0 Å². The maximum absolute atomic E-state index is 12.3. The van der Waals surface area contributed by atoms with Crippen molar-refractivity contribution in [2.45, 2.75) is 52.0 Å². The maximum Gasteiger partial charge on any atom is 0.239 e. The van der Waals surface area contributed by atoms with Crippen LogP contribution < -0.4 is 10.6 Å². The summed E-state index contributed by atoms with van der Waals surface area (Å²) in [5.41, 5.74) is 0. The van der Waals surface area contributed by atoms with Gasteiger partial charge in [-0.2, -0.15) is 0 Å². The second-order valence-corrected chi connectivity index (χ2v) is 8.04. The van der Waals surface area contributed by atoms with Crippen LogP contribution in [-0.4, -0.2) is 86.0 Å². The van der Waals surface area contributed by atoms with Gasteiger partial charge in [0.25, 0.3) is 0 Å². The number of hydrogen-bond donors (Lipinski definition) is 2. The largest absolute Gasteiger partial charge is 0.378 e. The zero-order valence-electron chi connectivity index (χ0n) is 17.4. The highest BCUT2D eigenvalue weighted by Crippen LogP contribution is 2.10. The molecular formula is C20H36N4O4. The predicted octanol–water partition coefficient (Wildman–Crippen LogP) is 0.368. The van der Waals surface area contributed by atoms with E-state index in [-0.39, 0.29) is 23.8 Å². The van der Waals surface area contributed by atoms with Crippen LogP contribution in [0.4, 0.5) is 0 Å². The number of carbonyl (C=O) groups excluding carboxylic acids is 3. The molecule has 0 aromatic heterocycles. The van der Waals surface area contributed by atoms with Gasteiger partial charge in [0.15, 0.2) is 0 Å². The molecule has 2 aliphatic heterocycles. The predicted molar refractivity (Wildman–Crippen MR) is 107 cm³/mol. The molecule has 2 N–H and O–H groups in total. The lowest BCUT2D eigenvalue weighted by molar-refractivity contribution is -0.140. The average Bonchev–Trinajstić information content (AvgIpc) is 2.70. The van der Waals surface area contributed by atoms with Crippen molar-refractivity contribution in [2.24, 2.45) is 5.92 Å². The molecule has 160 valence electrons. The summed E-state index contributed by atoms with van der Waals surface area (Å²) in [6, 6.07) is -0.249. The lowest BCUT2D eigenvalue weighted by atomic mass is 10.1. The summed E-state index contributed by atoms with van der Waals surface area (Å²) >= 11 is 0. The van der Waals surface area contributed by atoms with E-state index in [0.29, 0.717) is 71.2 Å². The van der Waals surface area contributed by atoms with Crippen LogP contribution in [0.25, 0.3) is 0 Å². The third kappa shape index (κ3) is 7.75. The van der Waals surface area contributed by atoms with E-state index >= 15 is 0 Å². The SMILES string of the molecule is CC(C)CC(=O)N1CCN(C(=O)CCCCCNC(=O)C2COCCN2)CC1. The van der Waals surface area contributed by atoms with Gasteiger partial charge in [0.2, 0.25) is 17.7 Å². The first-order valence-electron chi connectivity index (χ1n) is 10.6. The van der Waals surface area contributed by atoms with Gasteiger partial charge < -0.3 is 25.2 Å². The molecule has 0 aromatic rings. The summed E-state index contributed by atoms with van der Waals surface area (Å²) < 4.78 is 5.28. The Morgan fingerprint density at radius 2 is 1.71 bits per heavy atom. The van der Waals surface area contributed by atoms with Crippen molar-refractivity contribution in [1.29, 1.82) is 0 Å². The van der Waals surface area contributed by atoms with E-state index in [2.05, 4.69) is 10.6 Å². The molecule has 0 spiro atoms. The Labute approximate surface area is 168 Å². The van der Waals surface area contributed by atoms with Gasteiger partial charge in [-0.25, -0.2) is 0 Å². The topological polar surface area (TPSA) is 91.0 Å². The van der Waals surface area contributed by atoms with Crippen molar-refractivity contribution in [3.05, 3.63) is 0 Å². The van der Waals surface area contributed by atoms with Gasteiger partial charge in [-0.15, -0.1) is 0 Å². The molecule has 2 saturated heterocycles. The molecule has 2 rings (SSSR count). The first-order valence-corrected chi connectivity index (χ1v) is 10.6. The standard InChI is InChI=1S/C20H36N4O4/c1-16(2)14-19(26)24-11-9-23(10-12-24)18(25)6-4-3-5-7-22-20(27)17-15-28-13-8-21-17/h16-17,21H,3-15H2,1-2H3,(H,22,27). The van der Waals surface area contributed by atoms with E-state index in [1.807, 2.05) is 23.6 Å². The van der Waals surface area contributed by atoms with Gasteiger partial charge in [0.05, 0.1) is 13.2 Å². The average molecular weight is 397 g/mol. The number of amides is 3. The quantitative estimate of drug-likeness (QED) is 0.550. The molecule has 2 heterocycles. The summed E-state index contributed by atoms with van der Waals surface area (Å²) in [7, 11) is 0. The van der Waals surface area contributed by atoms with Crippen molar-refractivity contribution < 1.29 is 19.1 Å². The number of morpholine rings is 1. The number of unbranched alkanes of at least 4 members (excludes halogenated alkanes) is 2. The van der Waals surface area contributed by atoms with Crippen LogP contribution in [0.3, 0.4) is 0 Å². The van der Waals surface area contributed by atoms with Gasteiger partial charge in [-0.1, -0.05) is 20.3 Å². The molecule has 0 aliphatic carbocycles. The highest BCUT2D eigenvalue weighted by molar-refractivity contribution is 5.82. The van der Waals surface area contributed by atoms with Crippen molar-refractivity contribution in [3.8, 4) is 0 Å². The lowest BCUT2D eigenvalue weighted by Crippen LogP contribution is -2.51. The summed E-state index contributed by atoms with van der Waals surface area (Å²) in [6.45, 7) is 9.06. The van der Waals surface area contributed by atoms with Crippen LogP contribution in [0.5, 0.6) is 0 Å². The monoisotopic (exact) mass is 396 g/mol. The Bertz CT molecular complexity index is 512. The fourth-order valence-corrected chi connectivity index (χ4v) is 3.49. The third-order valence-electron chi connectivity index (χ3n) is 5.17. The Hall–Kier alpha value is -1.67. The molecule has 8 heteroatoms. The third-order valence-corrected chi connectivity index (χ3v) is 5.17. The maximum atomic E-state index is 12.3. The van der Waals surface area contributed by atoms with E-state index in [1.54, 1.807) is 0 Å². The Morgan fingerprint density at radius 1 is 1.04 bits per heavy atom. The molecule has 2 aliphatic rings. The summed E-state index contributed by atoms with van der Waals surface area (Å²) in [4.78, 5) is 40.1. The van der Waals surface area contributed by atoms with Crippen LogP contribution in [0.1, 0.15) is 46.0 Å². The molecule has 1 atom stereocenters. The van der Waals surface area contributed by atoms with Gasteiger partial charge in [0, 0.05) is 52.1 Å². The molecule has 2 fully saturated rings. The van der Waals surface area contributed by atoms with Crippen LogP contribution >= 0.6 is 0 Å². The Balaban J connectivity index is 1.51. The van der Waals surface area contributed by atoms with E-state index in [9.17, 15) is 14.4 Å². The smallest absolute Gasteiger partial charge is 0.239 e. The molecular weight excluding hydrogens is 360 g/mol. The highest BCUT2D eigenvalue weighted by atomic mass is 16.5. The van der Waals surface area contributed by atoms with E-state index in [0.717, 1.165) is 19.3 Å². The minimum atomic E-state index is -0.249. The molecule has 8 nitrogen and oxygen atoms in total. The van der Waals surface area contributed by atoms with Gasteiger partial charge in [-0.05, 0) is 18.8 Å². The van der Waals surface area contributed by atoms with Crippen LogP contribution in [0, 0.1) is 5.92 Å². The van der Waals surface area contributed by atoms with E-state index in [4.69, 9.17) is 4.74 Å². The fourth-order valence-electron chi connectivity index (χ4n) is 3.49. The molecule has 1 unspecified atom stereocenters. The molecule has 0 radical (unpaired) electrons. The lowest BCUT2D eigenvalue weighted by Gasteiger charge is -2.35. The number of carbonyl (C=O) groups is 3. The number of nitrogens with one attached hydrogen (secondary N) is 2. The zero-order chi connectivity index (χ0) is 20.4. The fraction of sp³-hybridized carbons (Fsp3) is 0.850. The first-order chi connectivity index (χ1) is 13.5. The molecule has 0 aromatic carbocycles. The first kappa shape index (κ1) is 22.6. The number of nitrogens with zero attached hydrogens (tertiary/aromatic N) is 2. The number of piperazine rings is 1. The summed E-state index contributed by atoms with van der Waals surface area (Å²) in [5, 5.41) is 6.05. The normalized spacial score (nSPS) is 20.3. The number of ether oxygens (including phenoxy) is 1. The van der Waals surface area contributed by atoms with Gasteiger partial charge >= 0.3 is 0 Å². The highest BCUT2D eigenvalue weighted by Gasteiger charge is 2.24. The number of rotatable bonds is 9. The number of hydrogen-bond acceptors (Lipinski definition) is 5.